The number of nitrogens with zero attached hydrogens (tertiary/aromatic N) is 3. The number of hydrogen-bond donors (Lipinski definition) is 0. The summed E-state index contributed by atoms with van der Waals surface area (Å²) in [5, 5.41) is 11.4. The molecule has 0 aliphatic carbocycles. The first kappa shape index (κ1) is 16.6. The third-order valence-corrected chi connectivity index (χ3v) is 5.25. The molecule has 0 spiro atoms. The zero-order chi connectivity index (χ0) is 16.9. The highest BCUT2D eigenvalue weighted by atomic mass is 32.2. The number of aromatic nitrogens is 2. The first-order valence-corrected chi connectivity index (χ1v) is 9.33. The summed E-state index contributed by atoms with van der Waals surface area (Å²) in [6, 6.07) is 11.0. The number of nitriles is 1. The number of fused-ring (bicyclic) bond motifs is 1. The summed E-state index contributed by atoms with van der Waals surface area (Å²) in [6.07, 6.45) is 0. The molecule has 7 heteroatoms. The van der Waals surface area contributed by atoms with E-state index in [4.69, 9.17) is 10.00 Å². The lowest BCUT2D eigenvalue weighted by Gasteiger charge is -2.10. The average Bonchev–Trinajstić information content (AvgIpc) is 3.08. The fourth-order valence-electron chi connectivity index (χ4n) is 2.23. The Morgan fingerprint density at radius 1 is 1.33 bits per heavy atom. The highest BCUT2D eigenvalue weighted by Crippen LogP contribution is 2.21. The van der Waals surface area contributed by atoms with Crippen LogP contribution in [0.2, 0.25) is 0 Å². The quantitative estimate of drug-likeness (QED) is 0.384. The molecule has 0 amide bonds. The van der Waals surface area contributed by atoms with Gasteiger partial charge in [-0.2, -0.15) is 5.26 Å². The number of thiophene rings is 1. The second kappa shape index (κ2) is 7.51. The van der Waals surface area contributed by atoms with Crippen LogP contribution in [0.4, 0.5) is 0 Å². The molecule has 122 valence electrons. The van der Waals surface area contributed by atoms with E-state index < -0.39 is 0 Å². The Labute approximate surface area is 147 Å². The number of thioether (sulfide) groups is 1. The molecule has 0 saturated carbocycles. The average molecular weight is 357 g/mol. The van der Waals surface area contributed by atoms with Crippen molar-refractivity contribution in [2.75, 3.05) is 12.4 Å². The van der Waals surface area contributed by atoms with E-state index in [1.54, 1.807) is 28.8 Å². The number of rotatable bonds is 6. The molecule has 0 atom stereocenters. The van der Waals surface area contributed by atoms with Gasteiger partial charge in [0, 0.05) is 12.3 Å². The standard InChI is InChI=1S/C17H15N3O2S2/c1-2-20-16(21)15-14(7-9-23-15)19-17(20)24-10-8-22-13-5-3-12(11-18)4-6-13/h3-7,9H,2,8,10H2,1H3. The third-order valence-electron chi connectivity index (χ3n) is 3.41. The van der Waals surface area contributed by atoms with Crippen LogP contribution in [0, 0.1) is 11.3 Å². The summed E-state index contributed by atoms with van der Waals surface area (Å²) < 4.78 is 8.06. The van der Waals surface area contributed by atoms with Crippen LogP contribution in [0.3, 0.4) is 0 Å². The predicted octanol–water partition coefficient (Wildman–Crippen LogP) is 3.52. The summed E-state index contributed by atoms with van der Waals surface area (Å²) >= 11 is 2.94. The minimum Gasteiger partial charge on any atom is -0.493 e. The minimum absolute atomic E-state index is 0.0213. The molecule has 0 bridgehead atoms. The van der Waals surface area contributed by atoms with E-state index in [0.29, 0.717) is 29.2 Å². The van der Waals surface area contributed by atoms with Gasteiger partial charge in [-0.25, -0.2) is 4.98 Å². The smallest absolute Gasteiger partial charge is 0.272 e. The highest BCUT2D eigenvalue weighted by molar-refractivity contribution is 7.99. The Balaban J connectivity index is 1.65. The van der Waals surface area contributed by atoms with Crippen molar-refractivity contribution in [2.45, 2.75) is 18.6 Å². The van der Waals surface area contributed by atoms with E-state index >= 15 is 0 Å². The molecular formula is C17H15N3O2S2. The molecule has 0 radical (unpaired) electrons. The Hall–Kier alpha value is -2.30. The summed E-state index contributed by atoms with van der Waals surface area (Å²) in [7, 11) is 0. The lowest BCUT2D eigenvalue weighted by atomic mass is 10.2. The fraction of sp³-hybridized carbons (Fsp3) is 0.235. The fourth-order valence-corrected chi connectivity index (χ4v) is 3.89. The zero-order valence-corrected chi connectivity index (χ0v) is 14.7. The van der Waals surface area contributed by atoms with Gasteiger partial charge in [-0.05, 0) is 42.6 Å². The molecule has 24 heavy (non-hydrogen) atoms. The van der Waals surface area contributed by atoms with Gasteiger partial charge >= 0.3 is 0 Å². The maximum absolute atomic E-state index is 12.4. The first-order valence-electron chi connectivity index (χ1n) is 7.46. The molecule has 0 unspecified atom stereocenters. The van der Waals surface area contributed by atoms with E-state index in [2.05, 4.69) is 11.1 Å². The van der Waals surface area contributed by atoms with E-state index in [9.17, 15) is 4.79 Å². The topological polar surface area (TPSA) is 67.9 Å². The van der Waals surface area contributed by atoms with Crippen LogP contribution in [0.5, 0.6) is 5.75 Å². The zero-order valence-electron chi connectivity index (χ0n) is 13.1. The van der Waals surface area contributed by atoms with Crippen molar-refractivity contribution in [2.24, 2.45) is 0 Å². The normalized spacial score (nSPS) is 10.7. The molecule has 0 saturated heterocycles. The summed E-state index contributed by atoms with van der Waals surface area (Å²) in [4.78, 5) is 17.0. The molecule has 3 rings (SSSR count). The van der Waals surface area contributed by atoms with E-state index in [-0.39, 0.29) is 5.56 Å². The second-order valence-corrected chi connectivity index (χ2v) is 6.89. The highest BCUT2D eigenvalue weighted by Gasteiger charge is 2.11. The molecular weight excluding hydrogens is 342 g/mol. The molecule has 0 aliphatic rings. The lowest BCUT2D eigenvalue weighted by Crippen LogP contribution is -2.21. The maximum Gasteiger partial charge on any atom is 0.272 e. The van der Waals surface area contributed by atoms with Crippen molar-refractivity contribution in [3.63, 3.8) is 0 Å². The molecule has 5 nitrogen and oxygen atoms in total. The number of ether oxygens (including phenoxy) is 1. The van der Waals surface area contributed by atoms with Gasteiger partial charge in [0.1, 0.15) is 10.4 Å². The van der Waals surface area contributed by atoms with E-state index in [1.165, 1.54) is 23.1 Å². The summed E-state index contributed by atoms with van der Waals surface area (Å²) in [6.45, 7) is 3.04. The number of hydrogen-bond acceptors (Lipinski definition) is 6. The van der Waals surface area contributed by atoms with Gasteiger partial charge in [-0.1, -0.05) is 11.8 Å². The summed E-state index contributed by atoms with van der Waals surface area (Å²) in [5.41, 5.74) is 1.38. The molecule has 0 aliphatic heterocycles. The minimum atomic E-state index is 0.0213. The SMILES string of the molecule is CCn1c(SCCOc2ccc(C#N)cc2)nc2ccsc2c1=O. The van der Waals surface area contributed by atoms with Crippen LogP contribution in [0.1, 0.15) is 12.5 Å². The van der Waals surface area contributed by atoms with Crippen LogP contribution in [-0.2, 0) is 6.54 Å². The lowest BCUT2D eigenvalue weighted by molar-refractivity contribution is 0.343. The summed E-state index contributed by atoms with van der Waals surface area (Å²) in [5.74, 6) is 1.41. The van der Waals surface area contributed by atoms with E-state index in [0.717, 1.165) is 16.4 Å². The van der Waals surface area contributed by atoms with Crippen molar-refractivity contribution in [3.05, 3.63) is 51.6 Å². The number of benzene rings is 1. The van der Waals surface area contributed by atoms with Gasteiger partial charge < -0.3 is 4.74 Å². The Morgan fingerprint density at radius 2 is 2.12 bits per heavy atom. The Morgan fingerprint density at radius 3 is 2.83 bits per heavy atom. The van der Waals surface area contributed by atoms with Crippen molar-refractivity contribution < 1.29 is 4.74 Å². The van der Waals surface area contributed by atoms with Gasteiger partial charge in [-0.3, -0.25) is 9.36 Å². The molecule has 3 aromatic rings. The molecule has 1 aromatic carbocycles. The van der Waals surface area contributed by atoms with Crippen LogP contribution in [0.25, 0.3) is 10.2 Å². The van der Waals surface area contributed by atoms with Crippen molar-refractivity contribution in [1.29, 1.82) is 5.26 Å². The van der Waals surface area contributed by atoms with Crippen molar-refractivity contribution in [1.82, 2.24) is 9.55 Å². The van der Waals surface area contributed by atoms with Gasteiger partial charge in [-0.15, -0.1) is 11.3 Å². The largest absolute Gasteiger partial charge is 0.493 e. The van der Waals surface area contributed by atoms with Crippen LogP contribution in [0.15, 0.2) is 45.7 Å². The maximum atomic E-state index is 12.4. The van der Waals surface area contributed by atoms with Gasteiger partial charge in [0.25, 0.3) is 5.56 Å². The molecule has 0 N–H and O–H groups in total. The third kappa shape index (κ3) is 3.45. The Bertz CT molecular complexity index is 939. The Kier molecular flexibility index (Phi) is 5.18. The predicted molar refractivity (Wildman–Crippen MR) is 96.9 cm³/mol. The van der Waals surface area contributed by atoms with Gasteiger partial charge in [0.2, 0.25) is 0 Å². The monoisotopic (exact) mass is 357 g/mol. The molecule has 2 aromatic heterocycles. The van der Waals surface area contributed by atoms with Gasteiger partial charge in [0.05, 0.1) is 23.8 Å². The first-order chi connectivity index (χ1) is 11.7. The van der Waals surface area contributed by atoms with Crippen molar-refractivity contribution >= 4 is 33.3 Å². The van der Waals surface area contributed by atoms with Crippen molar-refractivity contribution in [3.8, 4) is 11.8 Å². The van der Waals surface area contributed by atoms with E-state index in [1.807, 2.05) is 18.4 Å². The second-order valence-electron chi connectivity index (χ2n) is 4.91. The molecule has 0 fully saturated rings. The molecule has 2 heterocycles. The van der Waals surface area contributed by atoms with Crippen LogP contribution in [-0.4, -0.2) is 21.9 Å². The van der Waals surface area contributed by atoms with Gasteiger partial charge in [0.15, 0.2) is 5.16 Å². The van der Waals surface area contributed by atoms with Crippen LogP contribution >= 0.6 is 23.1 Å². The van der Waals surface area contributed by atoms with Crippen LogP contribution < -0.4 is 10.3 Å².